The number of ether oxygens (including phenoxy) is 1. The van der Waals surface area contributed by atoms with Gasteiger partial charge >= 0.3 is 0 Å². The number of thiazole rings is 1. The molecule has 0 radical (unpaired) electrons. The third-order valence-electron chi connectivity index (χ3n) is 4.76. The summed E-state index contributed by atoms with van der Waals surface area (Å²) in [7, 11) is 0. The summed E-state index contributed by atoms with van der Waals surface area (Å²) in [6, 6.07) is 17.2. The van der Waals surface area contributed by atoms with Gasteiger partial charge in [-0.15, -0.1) is 17.9 Å². The third kappa shape index (κ3) is 4.11. The summed E-state index contributed by atoms with van der Waals surface area (Å²) in [6.45, 7) is 4.38. The molecular formula is C23H21N3O3S. The molecule has 7 heteroatoms. The molecule has 3 aromatic rings. The molecule has 2 aromatic carbocycles. The number of carbonyl (C=O) groups is 2. The van der Waals surface area contributed by atoms with Crippen molar-refractivity contribution < 1.29 is 14.3 Å². The summed E-state index contributed by atoms with van der Waals surface area (Å²) in [5.41, 5.74) is 2.52. The minimum Gasteiger partial charge on any atom is -0.482 e. The highest BCUT2D eigenvalue weighted by Gasteiger charge is 2.27. The van der Waals surface area contributed by atoms with Crippen molar-refractivity contribution in [3.63, 3.8) is 0 Å². The Morgan fingerprint density at radius 1 is 1.20 bits per heavy atom. The monoisotopic (exact) mass is 419 g/mol. The predicted octanol–water partition coefficient (Wildman–Crippen LogP) is 4.14. The zero-order chi connectivity index (χ0) is 20.9. The van der Waals surface area contributed by atoms with Crippen molar-refractivity contribution in [2.24, 2.45) is 0 Å². The number of nitrogens with zero attached hydrogens (tertiary/aromatic N) is 3. The molecule has 1 aliphatic heterocycles. The lowest BCUT2D eigenvalue weighted by Crippen LogP contribution is -2.41. The highest BCUT2D eigenvalue weighted by Crippen LogP contribution is 2.32. The van der Waals surface area contributed by atoms with E-state index in [2.05, 4.69) is 11.6 Å². The molecule has 0 fully saturated rings. The SMILES string of the molecule is C=CCN(C(=O)CCN1C(=O)COc2ccccc21)c1nc(-c2ccccc2)cs1. The minimum absolute atomic E-state index is 0.0194. The molecular weight excluding hydrogens is 398 g/mol. The van der Waals surface area contributed by atoms with E-state index in [0.29, 0.717) is 23.1 Å². The van der Waals surface area contributed by atoms with E-state index in [-0.39, 0.29) is 31.4 Å². The first-order valence-corrected chi connectivity index (χ1v) is 10.5. The van der Waals surface area contributed by atoms with Gasteiger partial charge in [0.05, 0.1) is 11.4 Å². The molecule has 0 atom stereocenters. The fraction of sp³-hybridized carbons (Fsp3) is 0.174. The van der Waals surface area contributed by atoms with Gasteiger partial charge in [0.2, 0.25) is 5.91 Å². The minimum atomic E-state index is -0.155. The van der Waals surface area contributed by atoms with Gasteiger partial charge in [-0.3, -0.25) is 14.5 Å². The second kappa shape index (κ2) is 8.92. The Bertz CT molecular complexity index is 1060. The average Bonchev–Trinajstić information content (AvgIpc) is 3.27. The Labute approximate surface area is 179 Å². The van der Waals surface area contributed by atoms with Crippen LogP contribution in [0.3, 0.4) is 0 Å². The third-order valence-corrected chi connectivity index (χ3v) is 5.63. The molecule has 0 N–H and O–H groups in total. The first-order chi connectivity index (χ1) is 14.7. The largest absolute Gasteiger partial charge is 0.482 e. The van der Waals surface area contributed by atoms with Gasteiger partial charge in [0.1, 0.15) is 5.75 Å². The van der Waals surface area contributed by atoms with E-state index in [0.717, 1.165) is 11.3 Å². The van der Waals surface area contributed by atoms with Crippen LogP contribution in [0.15, 0.2) is 72.6 Å². The number of amides is 2. The van der Waals surface area contributed by atoms with Crippen LogP contribution in [0.5, 0.6) is 5.75 Å². The van der Waals surface area contributed by atoms with Crippen molar-refractivity contribution in [2.45, 2.75) is 6.42 Å². The van der Waals surface area contributed by atoms with E-state index in [1.165, 1.54) is 11.3 Å². The van der Waals surface area contributed by atoms with Crippen LogP contribution in [0.1, 0.15) is 6.42 Å². The second-order valence-electron chi connectivity index (χ2n) is 6.73. The molecule has 0 saturated heterocycles. The number of para-hydroxylation sites is 2. The number of hydrogen-bond acceptors (Lipinski definition) is 5. The number of hydrogen-bond donors (Lipinski definition) is 0. The fourth-order valence-electron chi connectivity index (χ4n) is 3.29. The fourth-order valence-corrected chi connectivity index (χ4v) is 4.15. The second-order valence-corrected chi connectivity index (χ2v) is 7.56. The molecule has 0 bridgehead atoms. The van der Waals surface area contributed by atoms with Gasteiger partial charge in [0.25, 0.3) is 5.91 Å². The van der Waals surface area contributed by atoms with E-state index in [1.54, 1.807) is 15.9 Å². The lowest BCUT2D eigenvalue weighted by Gasteiger charge is -2.29. The molecule has 0 spiro atoms. The highest BCUT2D eigenvalue weighted by molar-refractivity contribution is 7.14. The van der Waals surface area contributed by atoms with Crippen LogP contribution in [0, 0.1) is 0 Å². The van der Waals surface area contributed by atoms with Crippen LogP contribution in [-0.4, -0.2) is 36.5 Å². The zero-order valence-electron chi connectivity index (χ0n) is 16.4. The number of aromatic nitrogens is 1. The Hall–Kier alpha value is -3.45. The van der Waals surface area contributed by atoms with Gasteiger partial charge in [0.15, 0.2) is 11.7 Å². The van der Waals surface area contributed by atoms with E-state index >= 15 is 0 Å². The molecule has 4 rings (SSSR count). The number of carbonyl (C=O) groups excluding carboxylic acids is 2. The maximum Gasteiger partial charge on any atom is 0.265 e. The molecule has 152 valence electrons. The summed E-state index contributed by atoms with van der Waals surface area (Å²) in [5, 5.41) is 2.56. The Morgan fingerprint density at radius 2 is 1.97 bits per heavy atom. The standard InChI is InChI=1S/C23H21N3O3S/c1-2-13-26(23-24-18(16-30-23)17-8-4-3-5-9-17)21(27)12-14-25-19-10-6-7-11-20(19)29-15-22(25)28/h2-11,16H,1,12-15H2. The molecule has 0 unspecified atom stereocenters. The van der Waals surface area contributed by atoms with Gasteiger partial charge in [0, 0.05) is 30.5 Å². The molecule has 0 saturated carbocycles. The smallest absolute Gasteiger partial charge is 0.265 e. The van der Waals surface area contributed by atoms with Gasteiger partial charge in [-0.2, -0.15) is 0 Å². The van der Waals surface area contributed by atoms with Crippen LogP contribution in [0.2, 0.25) is 0 Å². The summed E-state index contributed by atoms with van der Waals surface area (Å²) in [4.78, 5) is 33.2. The Balaban J connectivity index is 1.49. The van der Waals surface area contributed by atoms with Gasteiger partial charge in [-0.25, -0.2) is 4.98 Å². The van der Waals surface area contributed by atoms with Gasteiger partial charge in [-0.1, -0.05) is 48.5 Å². The van der Waals surface area contributed by atoms with E-state index < -0.39 is 0 Å². The molecule has 6 nitrogen and oxygen atoms in total. The summed E-state index contributed by atoms with van der Waals surface area (Å²) < 4.78 is 5.46. The summed E-state index contributed by atoms with van der Waals surface area (Å²) in [6.07, 6.45) is 1.85. The maximum atomic E-state index is 13.0. The number of rotatable bonds is 7. The number of benzene rings is 2. The van der Waals surface area contributed by atoms with E-state index in [9.17, 15) is 9.59 Å². The Morgan fingerprint density at radius 3 is 2.77 bits per heavy atom. The average molecular weight is 420 g/mol. The van der Waals surface area contributed by atoms with Crippen LogP contribution in [0.4, 0.5) is 10.8 Å². The van der Waals surface area contributed by atoms with Crippen molar-refractivity contribution in [2.75, 3.05) is 29.5 Å². The molecule has 1 aliphatic rings. The first-order valence-electron chi connectivity index (χ1n) is 9.62. The van der Waals surface area contributed by atoms with Crippen molar-refractivity contribution >= 4 is 34.0 Å². The quantitative estimate of drug-likeness (QED) is 0.540. The van der Waals surface area contributed by atoms with Crippen LogP contribution in [-0.2, 0) is 9.59 Å². The summed E-state index contributed by atoms with van der Waals surface area (Å²) >= 11 is 1.42. The highest BCUT2D eigenvalue weighted by atomic mass is 32.1. The lowest BCUT2D eigenvalue weighted by atomic mass is 10.2. The van der Waals surface area contributed by atoms with Gasteiger partial charge in [-0.05, 0) is 12.1 Å². The zero-order valence-corrected chi connectivity index (χ0v) is 17.2. The molecule has 2 heterocycles. The molecule has 0 aliphatic carbocycles. The van der Waals surface area contributed by atoms with Crippen molar-refractivity contribution in [1.29, 1.82) is 0 Å². The van der Waals surface area contributed by atoms with Gasteiger partial charge < -0.3 is 9.64 Å². The molecule has 2 amide bonds. The topological polar surface area (TPSA) is 62.7 Å². The van der Waals surface area contributed by atoms with Crippen molar-refractivity contribution in [3.8, 4) is 17.0 Å². The maximum absolute atomic E-state index is 13.0. The summed E-state index contributed by atoms with van der Waals surface area (Å²) in [5.74, 6) is 0.387. The lowest BCUT2D eigenvalue weighted by molar-refractivity contribution is -0.121. The van der Waals surface area contributed by atoms with E-state index in [4.69, 9.17) is 4.74 Å². The number of fused-ring (bicyclic) bond motifs is 1. The molecule has 1 aromatic heterocycles. The van der Waals surface area contributed by atoms with Crippen LogP contribution < -0.4 is 14.5 Å². The van der Waals surface area contributed by atoms with Crippen molar-refractivity contribution in [3.05, 3.63) is 72.6 Å². The molecule has 30 heavy (non-hydrogen) atoms. The number of anilines is 2. The Kier molecular flexibility index (Phi) is 5.90. The van der Waals surface area contributed by atoms with Crippen molar-refractivity contribution in [1.82, 2.24) is 4.98 Å². The predicted molar refractivity (Wildman–Crippen MR) is 119 cm³/mol. The van der Waals surface area contributed by atoms with Crippen LogP contribution >= 0.6 is 11.3 Å². The van der Waals surface area contributed by atoms with E-state index in [1.807, 2.05) is 60.0 Å². The van der Waals surface area contributed by atoms with Crippen LogP contribution in [0.25, 0.3) is 11.3 Å². The first kappa shape index (κ1) is 19.8. The normalized spacial score (nSPS) is 12.8.